The molecule has 2 aromatic carbocycles. The molecule has 0 atom stereocenters. The highest BCUT2D eigenvalue weighted by Gasteiger charge is 2.05. The van der Waals surface area contributed by atoms with Gasteiger partial charge in [0, 0.05) is 28.9 Å². The molecular formula is C16H17N3O2S. The summed E-state index contributed by atoms with van der Waals surface area (Å²) in [7, 11) is 1.57. The standard InChI is InChI=1S/C16H17N3O2S/c1-17-15(20)11-6-8-12(9-7-11)18-16(21)19-13-4-3-5-14(10-13)22-2/h3-10H,1-2H3,(H,17,20)(H2,18,19,21). The zero-order valence-electron chi connectivity index (χ0n) is 12.3. The fourth-order valence-electron chi connectivity index (χ4n) is 1.84. The summed E-state index contributed by atoms with van der Waals surface area (Å²) in [6.07, 6.45) is 1.98. The van der Waals surface area contributed by atoms with Gasteiger partial charge in [-0.05, 0) is 48.7 Å². The number of thioether (sulfide) groups is 1. The van der Waals surface area contributed by atoms with Gasteiger partial charge >= 0.3 is 6.03 Å². The summed E-state index contributed by atoms with van der Waals surface area (Å²) >= 11 is 1.61. The summed E-state index contributed by atoms with van der Waals surface area (Å²) in [4.78, 5) is 24.5. The van der Waals surface area contributed by atoms with Gasteiger partial charge in [-0.2, -0.15) is 0 Å². The molecule has 22 heavy (non-hydrogen) atoms. The third-order valence-corrected chi connectivity index (χ3v) is 3.68. The lowest BCUT2D eigenvalue weighted by Crippen LogP contribution is -2.20. The number of urea groups is 1. The molecule has 0 aliphatic carbocycles. The number of nitrogens with one attached hydrogen (secondary N) is 3. The fraction of sp³-hybridized carbons (Fsp3) is 0.125. The van der Waals surface area contributed by atoms with E-state index in [2.05, 4.69) is 16.0 Å². The van der Waals surface area contributed by atoms with E-state index in [0.29, 0.717) is 11.3 Å². The van der Waals surface area contributed by atoms with Gasteiger partial charge < -0.3 is 16.0 Å². The van der Waals surface area contributed by atoms with E-state index in [9.17, 15) is 9.59 Å². The molecule has 0 spiro atoms. The molecule has 0 aliphatic heterocycles. The third kappa shape index (κ3) is 4.26. The van der Waals surface area contributed by atoms with Crippen LogP contribution in [0.15, 0.2) is 53.4 Å². The first kappa shape index (κ1) is 15.9. The molecule has 0 unspecified atom stereocenters. The van der Waals surface area contributed by atoms with Crippen LogP contribution in [-0.2, 0) is 0 Å². The van der Waals surface area contributed by atoms with E-state index in [-0.39, 0.29) is 11.9 Å². The van der Waals surface area contributed by atoms with Gasteiger partial charge in [-0.25, -0.2) is 4.79 Å². The SMILES string of the molecule is CNC(=O)c1ccc(NC(=O)Nc2cccc(SC)c2)cc1. The van der Waals surface area contributed by atoms with Crippen molar-refractivity contribution in [3.8, 4) is 0 Å². The second-order valence-corrected chi connectivity index (χ2v) is 5.35. The second-order valence-electron chi connectivity index (χ2n) is 4.47. The van der Waals surface area contributed by atoms with Crippen LogP contribution in [0.1, 0.15) is 10.4 Å². The van der Waals surface area contributed by atoms with Crippen molar-refractivity contribution < 1.29 is 9.59 Å². The predicted octanol–water partition coefficient (Wildman–Crippen LogP) is 3.41. The number of hydrogen-bond acceptors (Lipinski definition) is 3. The van der Waals surface area contributed by atoms with E-state index in [4.69, 9.17) is 0 Å². The number of carbonyl (C=O) groups excluding carboxylic acids is 2. The number of carbonyl (C=O) groups is 2. The van der Waals surface area contributed by atoms with Crippen molar-refractivity contribution in [1.82, 2.24) is 5.32 Å². The third-order valence-electron chi connectivity index (χ3n) is 2.96. The molecule has 5 nitrogen and oxygen atoms in total. The minimum atomic E-state index is -0.328. The van der Waals surface area contributed by atoms with Gasteiger partial charge in [-0.1, -0.05) is 6.07 Å². The van der Waals surface area contributed by atoms with Crippen molar-refractivity contribution in [2.24, 2.45) is 0 Å². The zero-order valence-corrected chi connectivity index (χ0v) is 13.2. The molecule has 0 fully saturated rings. The van der Waals surface area contributed by atoms with Crippen LogP contribution in [0.5, 0.6) is 0 Å². The molecule has 6 heteroatoms. The predicted molar refractivity (Wildman–Crippen MR) is 90.7 cm³/mol. The molecule has 0 radical (unpaired) electrons. The number of amides is 3. The van der Waals surface area contributed by atoms with Crippen LogP contribution in [0.2, 0.25) is 0 Å². The maximum Gasteiger partial charge on any atom is 0.323 e. The van der Waals surface area contributed by atoms with Gasteiger partial charge in [0.05, 0.1) is 0 Å². The maximum absolute atomic E-state index is 11.9. The Labute approximate surface area is 133 Å². The minimum Gasteiger partial charge on any atom is -0.355 e. The van der Waals surface area contributed by atoms with E-state index in [1.165, 1.54) is 0 Å². The first-order chi connectivity index (χ1) is 10.6. The lowest BCUT2D eigenvalue weighted by atomic mass is 10.2. The summed E-state index contributed by atoms with van der Waals surface area (Å²) in [5, 5.41) is 8.04. The molecule has 0 saturated carbocycles. The van der Waals surface area contributed by atoms with Crippen molar-refractivity contribution in [3.05, 3.63) is 54.1 Å². The highest BCUT2D eigenvalue weighted by Crippen LogP contribution is 2.19. The second kappa shape index (κ2) is 7.51. The van der Waals surface area contributed by atoms with Gasteiger partial charge in [-0.15, -0.1) is 11.8 Å². The van der Waals surface area contributed by atoms with Crippen LogP contribution in [0.3, 0.4) is 0 Å². The monoisotopic (exact) mass is 315 g/mol. The highest BCUT2D eigenvalue weighted by atomic mass is 32.2. The van der Waals surface area contributed by atoms with Gasteiger partial charge in [0.2, 0.25) is 0 Å². The summed E-state index contributed by atoms with van der Waals surface area (Å²) in [6, 6.07) is 13.9. The summed E-state index contributed by atoms with van der Waals surface area (Å²) in [5.74, 6) is -0.162. The van der Waals surface area contributed by atoms with E-state index >= 15 is 0 Å². The average Bonchev–Trinajstić information content (AvgIpc) is 2.55. The Morgan fingerprint density at radius 3 is 2.27 bits per heavy atom. The highest BCUT2D eigenvalue weighted by molar-refractivity contribution is 7.98. The lowest BCUT2D eigenvalue weighted by molar-refractivity contribution is 0.0963. The van der Waals surface area contributed by atoms with Gasteiger partial charge in [0.15, 0.2) is 0 Å². The average molecular weight is 315 g/mol. The van der Waals surface area contributed by atoms with Crippen LogP contribution in [0, 0.1) is 0 Å². The number of benzene rings is 2. The Kier molecular flexibility index (Phi) is 5.43. The number of hydrogen-bond donors (Lipinski definition) is 3. The normalized spacial score (nSPS) is 9.91. The quantitative estimate of drug-likeness (QED) is 0.757. The molecule has 0 aromatic heterocycles. The van der Waals surface area contributed by atoms with Crippen LogP contribution in [0.25, 0.3) is 0 Å². The van der Waals surface area contributed by atoms with E-state index in [1.54, 1.807) is 43.1 Å². The maximum atomic E-state index is 11.9. The molecule has 0 aliphatic rings. The Balaban J connectivity index is 1.98. The van der Waals surface area contributed by atoms with Crippen molar-refractivity contribution in [2.45, 2.75) is 4.90 Å². The molecule has 0 saturated heterocycles. The first-order valence-electron chi connectivity index (χ1n) is 6.66. The first-order valence-corrected chi connectivity index (χ1v) is 7.89. The molecule has 0 bridgehead atoms. The summed E-state index contributed by atoms with van der Waals surface area (Å²) in [6.45, 7) is 0. The Bertz CT molecular complexity index is 671. The van der Waals surface area contributed by atoms with Gasteiger partial charge in [0.1, 0.15) is 0 Å². The molecule has 3 N–H and O–H groups in total. The lowest BCUT2D eigenvalue weighted by Gasteiger charge is -2.09. The van der Waals surface area contributed by atoms with Crippen molar-refractivity contribution in [2.75, 3.05) is 23.9 Å². The summed E-state index contributed by atoms with van der Waals surface area (Å²) < 4.78 is 0. The van der Waals surface area contributed by atoms with Crippen LogP contribution in [-0.4, -0.2) is 25.2 Å². The fourth-order valence-corrected chi connectivity index (χ4v) is 2.30. The number of anilines is 2. The van der Waals surface area contributed by atoms with Crippen molar-refractivity contribution in [3.63, 3.8) is 0 Å². The van der Waals surface area contributed by atoms with Gasteiger partial charge in [-0.3, -0.25) is 4.79 Å². The van der Waals surface area contributed by atoms with Crippen LogP contribution >= 0.6 is 11.8 Å². The van der Waals surface area contributed by atoms with E-state index in [0.717, 1.165) is 10.6 Å². The van der Waals surface area contributed by atoms with Crippen molar-refractivity contribution >= 4 is 35.1 Å². The van der Waals surface area contributed by atoms with E-state index in [1.807, 2.05) is 30.5 Å². The molecule has 2 aromatic rings. The molecular weight excluding hydrogens is 298 g/mol. The van der Waals surface area contributed by atoms with E-state index < -0.39 is 0 Å². The van der Waals surface area contributed by atoms with Crippen molar-refractivity contribution in [1.29, 1.82) is 0 Å². The molecule has 2 rings (SSSR count). The molecule has 114 valence electrons. The molecule has 3 amide bonds. The Morgan fingerprint density at radius 1 is 0.955 bits per heavy atom. The molecule has 0 heterocycles. The Morgan fingerprint density at radius 2 is 1.64 bits per heavy atom. The minimum absolute atomic E-state index is 0.162. The Hall–Kier alpha value is -2.47. The summed E-state index contributed by atoms with van der Waals surface area (Å²) in [5.41, 5.74) is 1.89. The zero-order chi connectivity index (χ0) is 15.9. The van der Waals surface area contributed by atoms with Gasteiger partial charge in [0.25, 0.3) is 5.91 Å². The number of rotatable bonds is 4. The smallest absolute Gasteiger partial charge is 0.323 e. The van der Waals surface area contributed by atoms with Crippen LogP contribution in [0.4, 0.5) is 16.2 Å². The topological polar surface area (TPSA) is 70.2 Å². The largest absolute Gasteiger partial charge is 0.355 e. The van der Waals surface area contributed by atoms with Crippen LogP contribution < -0.4 is 16.0 Å².